The molecule has 27 heavy (non-hydrogen) atoms. The first-order chi connectivity index (χ1) is 12.9. The van der Waals surface area contributed by atoms with Gasteiger partial charge in [-0.25, -0.2) is 0 Å². The Bertz CT molecular complexity index is 1010. The molecule has 1 aliphatic rings. The van der Waals surface area contributed by atoms with Crippen LogP contribution in [0.25, 0.3) is 0 Å². The van der Waals surface area contributed by atoms with E-state index < -0.39 is 5.92 Å². The second kappa shape index (κ2) is 7.67. The van der Waals surface area contributed by atoms with Crippen molar-refractivity contribution in [2.24, 2.45) is 5.73 Å². The fraction of sp³-hybridized carbons (Fsp3) is 0.300. The standard InChI is InChI=1S/C20H19Cl2N3O2/c1-3-6-11-9-15-18(20(26)25(11)4-2)16(12(10-23)19(24)27-15)17-13(21)7-5-8-14(17)22/h5,7-9,16H,3-4,6,24H2,1-2H3. The highest BCUT2D eigenvalue weighted by atomic mass is 35.5. The van der Waals surface area contributed by atoms with Crippen LogP contribution in [0.15, 0.2) is 40.5 Å². The van der Waals surface area contributed by atoms with Crippen molar-refractivity contribution in [3.05, 3.63) is 72.9 Å². The van der Waals surface area contributed by atoms with Gasteiger partial charge in [0, 0.05) is 33.9 Å². The molecule has 2 aromatic rings. The van der Waals surface area contributed by atoms with Crippen molar-refractivity contribution < 1.29 is 4.74 Å². The molecular weight excluding hydrogens is 385 g/mol. The van der Waals surface area contributed by atoms with E-state index >= 15 is 0 Å². The lowest BCUT2D eigenvalue weighted by atomic mass is 9.83. The zero-order chi connectivity index (χ0) is 19.7. The number of hydrogen-bond donors (Lipinski definition) is 1. The van der Waals surface area contributed by atoms with E-state index in [1.165, 1.54) is 0 Å². The maximum absolute atomic E-state index is 13.3. The average Bonchev–Trinajstić information content (AvgIpc) is 2.61. The predicted octanol–water partition coefficient (Wildman–Crippen LogP) is 4.35. The molecule has 1 unspecified atom stereocenters. The molecule has 0 bridgehead atoms. The molecule has 7 heteroatoms. The van der Waals surface area contributed by atoms with Crippen molar-refractivity contribution in [3.8, 4) is 11.8 Å². The summed E-state index contributed by atoms with van der Waals surface area (Å²) in [5, 5.41) is 10.4. The molecule has 0 radical (unpaired) electrons. The van der Waals surface area contributed by atoms with Gasteiger partial charge in [0.05, 0.1) is 11.5 Å². The number of nitriles is 1. The van der Waals surface area contributed by atoms with Crippen molar-refractivity contribution in [2.75, 3.05) is 0 Å². The Kier molecular flexibility index (Phi) is 5.50. The topological polar surface area (TPSA) is 81.0 Å². The lowest BCUT2D eigenvalue weighted by Gasteiger charge is -2.28. The number of hydrogen-bond acceptors (Lipinski definition) is 4. The quantitative estimate of drug-likeness (QED) is 0.822. The summed E-state index contributed by atoms with van der Waals surface area (Å²) in [6.07, 6.45) is 1.61. The zero-order valence-corrected chi connectivity index (χ0v) is 16.6. The Balaban J connectivity index is 2.39. The number of pyridine rings is 1. The first-order valence-electron chi connectivity index (χ1n) is 8.72. The molecule has 0 saturated carbocycles. The molecule has 0 saturated heterocycles. The summed E-state index contributed by atoms with van der Waals surface area (Å²) in [4.78, 5) is 13.3. The van der Waals surface area contributed by atoms with Crippen molar-refractivity contribution in [1.29, 1.82) is 5.26 Å². The van der Waals surface area contributed by atoms with E-state index in [1.807, 2.05) is 19.9 Å². The number of allylic oxidation sites excluding steroid dienone is 1. The molecule has 0 aliphatic carbocycles. The summed E-state index contributed by atoms with van der Waals surface area (Å²) in [5.74, 6) is -0.464. The number of benzene rings is 1. The number of rotatable bonds is 4. The summed E-state index contributed by atoms with van der Waals surface area (Å²) in [5.41, 5.74) is 7.59. The van der Waals surface area contributed by atoms with Crippen molar-refractivity contribution in [1.82, 2.24) is 4.57 Å². The molecule has 0 fully saturated rings. The van der Waals surface area contributed by atoms with E-state index in [0.717, 1.165) is 18.5 Å². The third-order valence-corrected chi connectivity index (χ3v) is 5.34. The van der Waals surface area contributed by atoms with Crippen LogP contribution in [-0.2, 0) is 13.0 Å². The van der Waals surface area contributed by atoms with Crippen LogP contribution in [0.1, 0.15) is 43.0 Å². The number of nitrogens with two attached hydrogens (primary N) is 1. The van der Waals surface area contributed by atoms with Crippen LogP contribution >= 0.6 is 23.2 Å². The van der Waals surface area contributed by atoms with Gasteiger partial charge in [-0.05, 0) is 25.5 Å². The molecule has 0 amide bonds. The van der Waals surface area contributed by atoms with E-state index in [9.17, 15) is 10.1 Å². The Labute approximate surface area is 167 Å². The number of ether oxygens (including phenoxy) is 1. The molecule has 1 aromatic heterocycles. The zero-order valence-electron chi connectivity index (χ0n) is 15.1. The van der Waals surface area contributed by atoms with Crippen LogP contribution in [0, 0.1) is 11.3 Å². The van der Waals surface area contributed by atoms with Gasteiger partial charge in [-0.15, -0.1) is 0 Å². The predicted molar refractivity (Wildman–Crippen MR) is 106 cm³/mol. The molecule has 3 rings (SSSR count). The average molecular weight is 404 g/mol. The van der Waals surface area contributed by atoms with Gasteiger partial charge in [-0.2, -0.15) is 5.26 Å². The Morgan fingerprint density at radius 3 is 2.48 bits per heavy atom. The minimum absolute atomic E-state index is 0.0397. The van der Waals surface area contributed by atoms with Gasteiger partial charge in [0.25, 0.3) is 5.56 Å². The molecule has 1 aromatic carbocycles. The van der Waals surface area contributed by atoms with E-state index in [1.54, 1.807) is 22.8 Å². The molecule has 2 N–H and O–H groups in total. The van der Waals surface area contributed by atoms with Gasteiger partial charge in [0.1, 0.15) is 17.4 Å². The lowest BCUT2D eigenvalue weighted by Crippen LogP contribution is -2.33. The summed E-state index contributed by atoms with van der Waals surface area (Å²) >= 11 is 12.8. The van der Waals surface area contributed by atoms with E-state index in [2.05, 4.69) is 6.07 Å². The van der Waals surface area contributed by atoms with Crippen molar-refractivity contribution >= 4 is 23.2 Å². The van der Waals surface area contributed by atoms with Crippen molar-refractivity contribution in [2.45, 2.75) is 39.2 Å². The van der Waals surface area contributed by atoms with Crippen LogP contribution in [0.3, 0.4) is 0 Å². The third kappa shape index (κ3) is 3.20. The maximum Gasteiger partial charge on any atom is 0.258 e. The van der Waals surface area contributed by atoms with Crippen LogP contribution in [0.5, 0.6) is 5.75 Å². The van der Waals surface area contributed by atoms with Gasteiger partial charge in [0.2, 0.25) is 5.88 Å². The number of halogens is 2. The van der Waals surface area contributed by atoms with Crippen molar-refractivity contribution in [3.63, 3.8) is 0 Å². The molecule has 0 spiro atoms. The minimum Gasteiger partial charge on any atom is -0.440 e. The third-order valence-electron chi connectivity index (χ3n) is 4.68. The van der Waals surface area contributed by atoms with Gasteiger partial charge in [-0.1, -0.05) is 42.6 Å². The smallest absolute Gasteiger partial charge is 0.258 e. The number of fused-ring (bicyclic) bond motifs is 1. The fourth-order valence-corrected chi connectivity index (χ4v) is 4.12. The first kappa shape index (κ1) is 19.3. The molecule has 1 atom stereocenters. The van der Waals surface area contributed by atoms with E-state index in [-0.39, 0.29) is 17.0 Å². The van der Waals surface area contributed by atoms with E-state index in [4.69, 9.17) is 33.7 Å². The van der Waals surface area contributed by atoms with Crippen LogP contribution in [0.4, 0.5) is 0 Å². The Morgan fingerprint density at radius 2 is 1.93 bits per heavy atom. The summed E-state index contributed by atoms with van der Waals surface area (Å²) < 4.78 is 7.36. The highest BCUT2D eigenvalue weighted by Gasteiger charge is 2.36. The summed E-state index contributed by atoms with van der Waals surface area (Å²) in [6, 6.07) is 8.95. The number of nitrogens with zero attached hydrogens (tertiary/aromatic N) is 2. The molecule has 2 heterocycles. The van der Waals surface area contributed by atoms with Crippen LogP contribution < -0.4 is 16.0 Å². The minimum atomic E-state index is -0.777. The summed E-state index contributed by atoms with van der Waals surface area (Å²) in [6.45, 7) is 4.45. The molecular formula is C20H19Cl2N3O2. The van der Waals surface area contributed by atoms with Gasteiger partial charge in [0.15, 0.2) is 0 Å². The molecule has 1 aliphatic heterocycles. The fourth-order valence-electron chi connectivity index (χ4n) is 3.50. The number of aromatic nitrogens is 1. The summed E-state index contributed by atoms with van der Waals surface area (Å²) in [7, 11) is 0. The maximum atomic E-state index is 13.3. The normalized spacial score (nSPS) is 15.9. The van der Waals surface area contributed by atoms with Crippen LogP contribution in [0.2, 0.25) is 10.0 Å². The first-order valence-corrected chi connectivity index (χ1v) is 9.48. The lowest BCUT2D eigenvalue weighted by molar-refractivity contribution is 0.388. The van der Waals surface area contributed by atoms with Gasteiger partial charge >= 0.3 is 0 Å². The SMILES string of the molecule is CCCc1cc2c(c(=O)n1CC)C(c1c(Cl)cccc1Cl)C(C#N)=C(N)O2. The van der Waals surface area contributed by atoms with Gasteiger partial charge in [-0.3, -0.25) is 4.79 Å². The monoisotopic (exact) mass is 403 g/mol. The second-order valence-corrected chi connectivity index (χ2v) is 7.09. The highest BCUT2D eigenvalue weighted by molar-refractivity contribution is 6.36. The van der Waals surface area contributed by atoms with Gasteiger partial charge < -0.3 is 15.0 Å². The molecule has 140 valence electrons. The molecule has 5 nitrogen and oxygen atoms in total. The second-order valence-electron chi connectivity index (χ2n) is 6.27. The number of aryl methyl sites for hydroxylation is 1. The van der Waals surface area contributed by atoms with Crippen LogP contribution in [-0.4, -0.2) is 4.57 Å². The van der Waals surface area contributed by atoms with E-state index in [0.29, 0.717) is 33.5 Å². The Hall–Kier alpha value is -2.42. The Morgan fingerprint density at radius 1 is 1.26 bits per heavy atom. The largest absolute Gasteiger partial charge is 0.440 e. The highest BCUT2D eigenvalue weighted by Crippen LogP contribution is 2.45.